The number of hydrogen-bond donors (Lipinski definition) is 3. The second-order valence-electron chi connectivity index (χ2n) is 15.5. The Hall–Kier alpha value is -3.16. The van der Waals surface area contributed by atoms with E-state index in [0.29, 0.717) is 24.3 Å². The molecule has 5 fully saturated rings. The van der Waals surface area contributed by atoms with Crippen LogP contribution in [0.2, 0.25) is 0 Å². The molecule has 1 amide bonds. The predicted octanol–water partition coefficient (Wildman–Crippen LogP) is 2.39. The van der Waals surface area contributed by atoms with Gasteiger partial charge in [-0.2, -0.15) is 13.2 Å². The third-order valence-corrected chi connectivity index (χ3v) is 12.4. The van der Waals surface area contributed by atoms with Gasteiger partial charge in [0, 0.05) is 19.0 Å². The maximum atomic E-state index is 14.9. The van der Waals surface area contributed by atoms with E-state index in [2.05, 4.69) is 13.8 Å². The number of phenolic OH excluding ortho intramolecular Hbond substituents is 1. The molecule has 2 bridgehead atoms. The minimum absolute atomic E-state index is 0.132. The number of Topliss-reactive ketones (excluding diaryl/α,β-unsaturated/α-hetero) is 4. The number of fused-ring (bicyclic) bond motifs is 5. The highest BCUT2D eigenvalue weighted by molar-refractivity contribution is 6.32. The van der Waals surface area contributed by atoms with Crippen molar-refractivity contribution in [1.29, 1.82) is 0 Å². The van der Waals surface area contributed by atoms with Gasteiger partial charge in [0.25, 0.3) is 0 Å². The standard InChI is InChI=1S/C34H42F3N3O7/c1-32(2)17-7-6-14(19(32)11-17)12-40(5)13-16-10-21(41)23-18(25(16)34(35,36)37)8-15-9-20-26(39(3)4)28(43)24(31(38)46)30(45)33(20,47)29(44)22(15)27(23)42/h10,14-15,17,19-20,22,24,26,41,47H,6-9,11-13H2,1-5H3,(H2,38,46)/t14-,15+,17?,19?,20+,22?,24?,26+,33+/m1/s1. The second kappa shape index (κ2) is 10.9. The van der Waals surface area contributed by atoms with Gasteiger partial charge in [0.15, 0.2) is 34.7 Å². The molecule has 13 heteroatoms. The summed E-state index contributed by atoms with van der Waals surface area (Å²) in [7, 11) is 4.62. The Kier molecular flexibility index (Phi) is 7.84. The molecule has 7 rings (SSSR count). The number of aromatic hydroxyl groups is 1. The summed E-state index contributed by atoms with van der Waals surface area (Å²) in [6.45, 7) is 4.94. The van der Waals surface area contributed by atoms with Crippen molar-refractivity contribution < 1.29 is 47.4 Å². The maximum absolute atomic E-state index is 14.9. The minimum atomic E-state index is -4.91. The molecule has 47 heavy (non-hydrogen) atoms. The minimum Gasteiger partial charge on any atom is -0.507 e. The van der Waals surface area contributed by atoms with Crippen LogP contribution in [0.4, 0.5) is 13.2 Å². The lowest BCUT2D eigenvalue weighted by Gasteiger charge is -2.60. The van der Waals surface area contributed by atoms with E-state index in [1.165, 1.54) is 19.0 Å². The van der Waals surface area contributed by atoms with E-state index in [1.807, 2.05) is 4.90 Å². The number of alkyl halides is 3. The summed E-state index contributed by atoms with van der Waals surface area (Å²) < 4.78 is 44.8. The Bertz CT molecular complexity index is 1590. The Morgan fingerprint density at radius 1 is 1.04 bits per heavy atom. The Morgan fingerprint density at radius 3 is 2.26 bits per heavy atom. The molecule has 0 radical (unpaired) electrons. The third-order valence-electron chi connectivity index (χ3n) is 12.4. The average molecular weight is 662 g/mol. The average Bonchev–Trinajstić information content (AvgIpc) is 2.93. The van der Waals surface area contributed by atoms with Crippen LogP contribution < -0.4 is 5.73 Å². The summed E-state index contributed by atoms with van der Waals surface area (Å²) >= 11 is 0. The number of phenols is 1. The molecule has 4 N–H and O–H groups in total. The molecule has 6 aliphatic rings. The first-order valence-electron chi connectivity index (χ1n) is 16.2. The number of nitrogens with zero attached hydrogens (tertiary/aromatic N) is 2. The summed E-state index contributed by atoms with van der Waals surface area (Å²) in [5, 5.41) is 22.8. The van der Waals surface area contributed by atoms with Gasteiger partial charge in [0.05, 0.1) is 23.1 Å². The summed E-state index contributed by atoms with van der Waals surface area (Å²) in [4.78, 5) is 69.9. The fraction of sp³-hybridized carbons (Fsp3) is 0.676. The summed E-state index contributed by atoms with van der Waals surface area (Å²) in [6, 6.07) is -0.413. The number of amides is 1. The van der Waals surface area contributed by atoms with Crippen LogP contribution >= 0.6 is 0 Å². The van der Waals surface area contributed by atoms with Gasteiger partial charge in [-0.25, -0.2) is 0 Å². The highest BCUT2D eigenvalue weighted by atomic mass is 19.4. The summed E-state index contributed by atoms with van der Waals surface area (Å²) in [6.07, 6.45) is -2.48. The monoisotopic (exact) mass is 661 g/mol. The van der Waals surface area contributed by atoms with Crippen molar-refractivity contribution in [3.8, 4) is 5.75 Å². The number of rotatable bonds is 6. The first-order valence-corrected chi connectivity index (χ1v) is 16.2. The van der Waals surface area contributed by atoms with Crippen molar-refractivity contribution >= 4 is 29.0 Å². The van der Waals surface area contributed by atoms with Crippen molar-refractivity contribution in [3.63, 3.8) is 0 Å². The molecule has 1 aromatic rings. The number of hydrogen-bond acceptors (Lipinski definition) is 9. The lowest BCUT2D eigenvalue weighted by atomic mass is 9.45. The number of carbonyl (C=O) groups excluding carboxylic acids is 5. The zero-order valence-corrected chi connectivity index (χ0v) is 27.2. The van der Waals surface area contributed by atoms with Gasteiger partial charge in [-0.1, -0.05) is 13.8 Å². The Balaban J connectivity index is 1.38. The van der Waals surface area contributed by atoms with Crippen LogP contribution in [0.25, 0.3) is 0 Å². The molecule has 0 heterocycles. The highest BCUT2D eigenvalue weighted by Gasteiger charge is 2.69. The van der Waals surface area contributed by atoms with Crippen LogP contribution in [0.3, 0.4) is 0 Å². The SMILES string of the molecule is CN(Cc1cc(O)c2c(c1C(F)(F)F)C[C@H]1C[C@H]3[C@H](N(C)C)C(=O)C(C(N)=O)C(=O)[C@@]3(O)C(=O)C1C2=O)C[C@H]1CCC2CC1C2(C)C. The molecule has 6 aliphatic carbocycles. The van der Waals surface area contributed by atoms with Gasteiger partial charge < -0.3 is 20.8 Å². The molecule has 0 aromatic heterocycles. The maximum Gasteiger partial charge on any atom is 0.417 e. The number of benzene rings is 1. The molecular weight excluding hydrogens is 619 g/mol. The van der Waals surface area contributed by atoms with E-state index in [0.717, 1.165) is 25.3 Å². The molecule has 0 saturated heterocycles. The van der Waals surface area contributed by atoms with Crippen molar-refractivity contribution in [1.82, 2.24) is 9.80 Å². The summed E-state index contributed by atoms with van der Waals surface area (Å²) in [5.41, 5.74) is 0.245. The van der Waals surface area contributed by atoms with E-state index in [-0.39, 0.29) is 23.9 Å². The molecule has 4 unspecified atom stereocenters. The van der Waals surface area contributed by atoms with E-state index in [4.69, 9.17) is 5.73 Å². The number of primary amides is 1. The molecule has 1 aromatic carbocycles. The normalized spacial score (nSPS) is 36.1. The summed E-state index contributed by atoms with van der Waals surface area (Å²) in [5.74, 6) is -11.8. The number of ketones is 4. The van der Waals surface area contributed by atoms with Crippen LogP contribution in [-0.4, -0.2) is 88.4 Å². The molecule has 0 spiro atoms. The van der Waals surface area contributed by atoms with Crippen LogP contribution in [0.1, 0.15) is 66.6 Å². The molecule has 5 saturated carbocycles. The van der Waals surface area contributed by atoms with Crippen molar-refractivity contribution in [2.24, 2.45) is 52.6 Å². The number of likely N-dealkylation sites (N-methyl/N-ethyl adjacent to an activating group) is 1. The number of halogens is 3. The molecule has 256 valence electrons. The lowest BCUT2D eigenvalue weighted by molar-refractivity contribution is -0.181. The van der Waals surface area contributed by atoms with E-state index in [9.17, 15) is 47.4 Å². The highest BCUT2D eigenvalue weighted by Crippen LogP contribution is 2.61. The van der Waals surface area contributed by atoms with Gasteiger partial charge in [-0.05, 0) is 99.5 Å². The number of aliphatic hydroxyl groups is 1. The zero-order chi connectivity index (χ0) is 34.7. The third kappa shape index (κ3) is 4.81. The molecule has 0 aliphatic heterocycles. The Labute approximate surface area is 270 Å². The van der Waals surface area contributed by atoms with Gasteiger partial charge in [0.2, 0.25) is 5.91 Å². The fourth-order valence-electron chi connectivity index (χ4n) is 10.2. The zero-order valence-electron chi connectivity index (χ0n) is 27.2. The lowest BCUT2D eigenvalue weighted by Crippen LogP contribution is -2.74. The van der Waals surface area contributed by atoms with Crippen molar-refractivity contribution in [2.45, 2.75) is 70.3 Å². The first kappa shape index (κ1) is 33.7. The van der Waals surface area contributed by atoms with Crippen LogP contribution in [0.5, 0.6) is 5.75 Å². The number of nitrogens with two attached hydrogens (primary N) is 1. The van der Waals surface area contributed by atoms with Crippen LogP contribution in [0, 0.1) is 46.8 Å². The topological polar surface area (TPSA) is 158 Å². The van der Waals surface area contributed by atoms with Gasteiger partial charge >= 0.3 is 6.18 Å². The predicted molar refractivity (Wildman–Crippen MR) is 161 cm³/mol. The Morgan fingerprint density at radius 2 is 1.70 bits per heavy atom. The van der Waals surface area contributed by atoms with Gasteiger partial charge in [-0.15, -0.1) is 0 Å². The molecule has 9 atom stereocenters. The van der Waals surface area contributed by atoms with E-state index in [1.54, 1.807) is 7.05 Å². The fourth-order valence-corrected chi connectivity index (χ4v) is 10.2. The first-order chi connectivity index (χ1) is 21.7. The van der Waals surface area contributed by atoms with Crippen molar-refractivity contribution in [3.05, 3.63) is 28.3 Å². The number of carbonyl (C=O) groups is 5. The smallest absolute Gasteiger partial charge is 0.417 e. The molecule has 10 nitrogen and oxygen atoms in total. The van der Waals surface area contributed by atoms with E-state index >= 15 is 0 Å². The van der Waals surface area contributed by atoms with Crippen LogP contribution in [0.15, 0.2) is 6.07 Å². The molecular formula is C34H42F3N3O7. The van der Waals surface area contributed by atoms with Crippen LogP contribution in [-0.2, 0) is 38.3 Å². The van der Waals surface area contributed by atoms with Crippen molar-refractivity contribution in [2.75, 3.05) is 27.7 Å². The second-order valence-corrected chi connectivity index (χ2v) is 15.5. The quantitative estimate of drug-likeness (QED) is 0.390. The van der Waals surface area contributed by atoms with Gasteiger partial charge in [0.1, 0.15) is 5.75 Å². The largest absolute Gasteiger partial charge is 0.507 e. The van der Waals surface area contributed by atoms with Gasteiger partial charge in [-0.3, -0.25) is 28.9 Å². The van der Waals surface area contributed by atoms with E-state index < -0.39 is 99.4 Å².